The Kier molecular flexibility index (Phi) is 3.19. The number of fused-ring (bicyclic) bond motifs is 1. The number of hydrogen-bond acceptors (Lipinski definition) is 3. The molecular weight excluding hydrogens is 326 g/mol. The van der Waals surface area contributed by atoms with Gasteiger partial charge in [0.25, 0.3) is 5.91 Å². The molecule has 1 aromatic heterocycles. The number of aryl methyl sites for hydroxylation is 2. The summed E-state index contributed by atoms with van der Waals surface area (Å²) in [6.45, 7) is 0. The molecule has 0 spiro atoms. The van der Waals surface area contributed by atoms with Crippen LogP contribution in [0.25, 0.3) is 21.7 Å². The fraction of sp³-hybridized carbons (Fsp3) is 0.0909. The Labute approximate surface area is 149 Å². The van der Waals surface area contributed by atoms with E-state index in [9.17, 15) is 9.59 Å². The molecule has 0 unspecified atom stereocenters. The summed E-state index contributed by atoms with van der Waals surface area (Å²) < 4.78 is 5.64. The van der Waals surface area contributed by atoms with E-state index in [0.717, 1.165) is 23.9 Å². The van der Waals surface area contributed by atoms with Crippen LogP contribution in [0.3, 0.4) is 0 Å². The standard InChI is InChI=1S/C22H15NO3/c24-18-12-20(26-19-7-2-1-5-16(18)19)22(25)23-17-11-10-14-9-8-13-4-3-6-15(17)21(13)14/h1-7,10-12H,8-9H2,(H,23,25). The molecule has 0 fully saturated rings. The van der Waals surface area contributed by atoms with Gasteiger partial charge in [0.1, 0.15) is 5.58 Å². The predicted molar refractivity (Wildman–Crippen MR) is 102 cm³/mol. The van der Waals surface area contributed by atoms with Crippen molar-refractivity contribution in [2.75, 3.05) is 5.32 Å². The van der Waals surface area contributed by atoms with Crippen LogP contribution >= 0.6 is 0 Å². The van der Waals surface area contributed by atoms with Crippen LogP contribution in [0, 0.1) is 0 Å². The van der Waals surface area contributed by atoms with Gasteiger partial charge >= 0.3 is 0 Å². The molecule has 0 saturated heterocycles. The number of hydrogen-bond donors (Lipinski definition) is 1. The van der Waals surface area contributed by atoms with E-state index in [0.29, 0.717) is 11.0 Å². The smallest absolute Gasteiger partial charge is 0.291 e. The van der Waals surface area contributed by atoms with Gasteiger partial charge in [-0.15, -0.1) is 0 Å². The Hall–Kier alpha value is -3.40. The van der Waals surface area contributed by atoms with E-state index in [1.165, 1.54) is 22.6 Å². The monoisotopic (exact) mass is 341 g/mol. The summed E-state index contributed by atoms with van der Waals surface area (Å²) in [5.74, 6) is -0.413. The molecule has 0 radical (unpaired) electrons. The maximum atomic E-state index is 12.7. The van der Waals surface area contributed by atoms with E-state index in [1.807, 2.05) is 18.2 Å². The van der Waals surface area contributed by atoms with E-state index in [-0.39, 0.29) is 11.2 Å². The van der Waals surface area contributed by atoms with Crippen LogP contribution in [-0.2, 0) is 12.8 Å². The number of nitrogens with one attached hydrogen (secondary N) is 1. The van der Waals surface area contributed by atoms with Crippen molar-refractivity contribution in [1.29, 1.82) is 0 Å². The van der Waals surface area contributed by atoms with Crippen LogP contribution in [0.1, 0.15) is 21.7 Å². The number of para-hydroxylation sites is 1. The van der Waals surface area contributed by atoms with Gasteiger partial charge in [-0.2, -0.15) is 0 Å². The lowest BCUT2D eigenvalue weighted by Crippen LogP contribution is -2.15. The lowest BCUT2D eigenvalue weighted by molar-refractivity contribution is 0.0997. The van der Waals surface area contributed by atoms with E-state index < -0.39 is 5.91 Å². The number of amides is 1. The van der Waals surface area contributed by atoms with E-state index in [4.69, 9.17) is 4.42 Å². The summed E-state index contributed by atoms with van der Waals surface area (Å²) in [4.78, 5) is 24.9. The maximum absolute atomic E-state index is 12.7. The maximum Gasteiger partial charge on any atom is 0.291 e. The predicted octanol–water partition coefficient (Wildman–Crippen LogP) is 4.30. The zero-order chi connectivity index (χ0) is 17.7. The molecule has 4 heteroatoms. The number of anilines is 1. The third-order valence-electron chi connectivity index (χ3n) is 4.98. The van der Waals surface area contributed by atoms with Crippen LogP contribution in [0.15, 0.2) is 69.9 Å². The lowest BCUT2D eigenvalue weighted by atomic mass is 10.0. The number of carbonyl (C=O) groups excluding carboxylic acids is 1. The normalized spacial score (nSPS) is 12.6. The topological polar surface area (TPSA) is 59.3 Å². The second kappa shape index (κ2) is 5.56. The Morgan fingerprint density at radius 2 is 1.65 bits per heavy atom. The lowest BCUT2D eigenvalue weighted by Gasteiger charge is -2.10. The summed E-state index contributed by atoms with van der Waals surface area (Å²) in [6.07, 6.45) is 2.06. The van der Waals surface area contributed by atoms with Gasteiger partial charge in [0.15, 0.2) is 11.2 Å². The van der Waals surface area contributed by atoms with Gasteiger partial charge < -0.3 is 9.73 Å². The van der Waals surface area contributed by atoms with Crippen molar-refractivity contribution < 1.29 is 9.21 Å². The van der Waals surface area contributed by atoms with Gasteiger partial charge in [0, 0.05) is 17.1 Å². The molecule has 1 heterocycles. The number of rotatable bonds is 2. The van der Waals surface area contributed by atoms with Gasteiger partial charge in [0.2, 0.25) is 0 Å². The molecule has 1 N–H and O–H groups in total. The molecule has 126 valence electrons. The highest BCUT2D eigenvalue weighted by molar-refractivity contribution is 6.09. The average Bonchev–Trinajstić information content (AvgIpc) is 3.09. The van der Waals surface area contributed by atoms with Gasteiger partial charge in [-0.05, 0) is 47.6 Å². The van der Waals surface area contributed by atoms with Crippen molar-refractivity contribution in [1.82, 2.24) is 0 Å². The first-order valence-electron chi connectivity index (χ1n) is 8.58. The third-order valence-corrected chi connectivity index (χ3v) is 4.98. The zero-order valence-electron chi connectivity index (χ0n) is 13.9. The third kappa shape index (κ3) is 2.23. The summed E-state index contributed by atoms with van der Waals surface area (Å²) >= 11 is 0. The van der Waals surface area contributed by atoms with E-state index in [1.54, 1.807) is 24.3 Å². The van der Waals surface area contributed by atoms with Crippen LogP contribution in [0.5, 0.6) is 0 Å². The SMILES string of the molecule is O=C(Nc1ccc2c3c(cccc13)CC2)c1cc(=O)c2ccccc2o1. The molecule has 3 aromatic carbocycles. The quantitative estimate of drug-likeness (QED) is 0.591. The van der Waals surface area contributed by atoms with Crippen LogP contribution in [-0.4, -0.2) is 5.91 Å². The molecule has 5 rings (SSSR count). The summed E-state index contributed by atoms with van der Waals surface area (Å²) in [7, 11) is 0. The van der Waals surface area contributed by atoms with Crippen molar-refractivity contribution >= 4 is 33.3 Å². The second-order valence-electron chi connectivity index (χ2n) is 6.54. The Balaban J connectivity index is 1.58. The molecule has 0 atom stereocenters. The van der Waals surface area contributed by atoms with E-state index >= 15 is 0 Å². The van der Waals surface area contributed by atoms with Crippen molar-refractivity contribution in [2.45, 2.75) is 12.8 Å². The Bertz CT molecular complexity index is 1240. The van der Waals surface area contributed by atoms with Crippen molar-refractivity contribution in [3.8, 4) is 0 Å². The van der Waals surface area contributed by atoms with Crippen LogP contribution in [0.4, 0.5) is 5.69 Å². The second-order valence-corrected chi connectivity index (χ2v) is 6.54. The highest BCUT2D eigenvalue weighted by Gasteiger charge is 2.18. The molecule has 1 aliphatic rings. The highest BCUT2D eigenvalue weighted by atomic mass is 16.3. The van der Waals surface area contributed by atoms with Gasteiger partial charge in [0.05, 0.1) is 5.39 Å². The summed E-state index contributed by atoms with van der Waals surface area (Å²) in [6, 6.07) is 18.3. The molecule has 4 nitrogen and oxygen atoms in total. The molecule has 0 bridgehead atoms. The van der Waals surface area contributed by atoms with Crippen molar-refractivity contribution in [3.63, 3.8) is 0 Å². The first kappa shape index (κ1) is 14.9. The largest absolute Gasteiger partial charge is 0.451 e. The molecule has 4 aromatic rings. The molecular formula is C22H15NO3. The Morgan fingerprint density at radius 3 is 2.54 bits per heavy atom. The minimum atomic E-state index is -0.424. The molecule has 1 aliphatic carbocycles. The fourth-order valence-electron chi connectivity index (χ4n) is 3.76. The van der Waals surface area contributed by atoms with Crippen molar-refractivity contribution in [3.05, 3.63) is 87.8 Å². The number of carbonyl (C=O) groups is 1. The molecule has 0 aliphatic heterocycles. The van der Waals surface area contributed by atoms with Gasteiger partial charge in [-0.3, -0.25) is 9.59 Å². The average molecular weight is 341 g/mol. The van der Waals surface area contributed by atoms with Crippen LogP contribution < -0.4 is 10.7 Å². The molecule has 1 amide bonds. The first-order chi connectivity index (χ1) is 12.7. The minimum absolute atomic E-state index is 0.0111. The summed E-state index contributed by atoms with van der Waals surface area (Å²) in [5.41, 5.74) is 3.54. The van der Waals surface area contributed by atoms with Crippen molar-refractivity contribution in [2.24, 2.45) is 0 Å². The fourth-order valence-corrected chi connectivity index (χ4v) is 3.76. The molecule has 26 heavy (non-hydrogen) atoms. The van der Waals surface area contributed by atoms with E-state index in [2.05, 4.69) is 17.4 Å². The molecule has 0 saturated carbocycles. The van der Waals surface area contributed by atoms with Gasteiger partial charge in [-0.1, -0.05) is 36.4 Å². The minimum Gasteiger partial charge on any atom is -0.451 e. The van der Waals surface area contributed by atoms with Crippen LogP contribution in [0.2, 0.25) is 0 Å². The number of benzene rings is 3. The van der Waals surface area contributed by atoms with Gasteiger partial charge in [-0.25, -0.2) is 0 Å². The summed E-state index contributed by atoms with van der Waals surface area (Å²) in [5, 5.41) is 5.62. The highest BCUT2D eigenvalue weighted by Crippen LogP contribution is 2.35. The zero-order valence-corrected chi connectivity index (χ0v) is 13.9. The Morgan fingerprint density at radius 1 is 0.885 bits per heavy atom. The first-order valence-corrected chi connectivity index (χ1v) is 8.58.